The number of halogens is 6. The Bertz CT molecular complexity index is 2060. The van der Waals surface area contributed by atoms with Crippen LogP contribution in [0.1, 0.15) is 45.9 Å². The molecular weight excluding hydrogens is 710 g/mol. The number of nitrogens with one attached hydrogen (secondary N) is 1. The van der Waals surface area contributed by atoms with Crippen LogP contribution in [0.4, 0.5) is 37.7 Å². The maximum absolute atomic E-state index is 14.6. The quantitative estimate of drug-likeness (QED) is 0.0457. The number of rotatable bonds is 13. The van der Waals surface area contributed by atoms with E-state index in [4.69, 9.17) is 19.6 Å². The Morgan fingerprint density at radius 2 is 1.49 bits per heavy atom. The summed E-state index contributed by atoms with van der Waals surface area (Å²) in [6, 6.07) is 19.6. The van der Waals surface area contributed by atoms with Crippen LogP contribution in [0, 0.1) is 0 Å². The summed E-state index contributed by atoms with van der Waals surface area (Å²) in [5.41, 5.74) is 13.8. The van der Waals surface area contributed by atoms with E-state index in [1.807, 2.05) is 0 Å². The van der Waals surface area contributed by atoms with Gasteiger partial charge in [0, 0.05) is 58.3 Å². The van der Waals surface area contributed by atoms with E-state index in [1.165, 1.54) is 18.2 Å². The SMILES string of the molecule is [N-]=[N+]=Nc1ccccc1C[C@@]1(C(=O)NCc2cc(C(F)(F)F)cc(C(F)(F)F)c2)N=C(c2ccc(OCCCO)cc2)O[C@@H]1c1ccccc1N=[N+]=[N-]. The van der Waals surface area contributed by atoms with Gasteiger partial charge in [-0.15, -0.1) is 0 Å². The number of aliphatic imine (C=N–C) groups is 1. The lowest BCUT2D eigenvalue weighted by atomic mass is 9.81. The third kappa shape index (κ3) is 8.81. The zero-order valence-electron chi connectivity index (χ0n) is 27.3. The van der Waals surface area contributed by atoms with Gasteiger partial charge in [0.1, 0.15) is 5.75 Å². The van der Waals surface area contributed by atoms with Gasteiger partial charge in [-0.25, -0.2) is 4.99 Å². The summed E-state index contributed by atoms with van der Waals surface area (Å²) in [7, 11) is 0. The number of azide groups is 2. The number of alkyl halides is 6. The van der Waals surface area contributed by atoms with Crippen LogP contribution in [-0.4, -0.2) is 35.7 Å². The summed E-state index contributed by atoms with van der Waals surface area (Å²) in [5, 5.41) is 19.0. The number of carbonyl (C=O) groups is 1. The Balaban J connectivity index is 1.66. The number of aliphatic hydroxyl groups excluding tert-OH is 1. The number of benzene rings is 4. The molecular formula is C35H28F6N8O4. The van der Waals surface area contributed by atoms with E-state index in [-0.39, 0.29) is 54.1 Å². The molecule has 1 aliphatic rings. The van der Waals surface area contributed by atoms with Gasteiger partial charge in [0.15, 0.2) is 11.6 Å². The fourth-order valence-electron chi connectivity index (χ4n) is 5.66. The van der Waals surface area contributed by atoms with Gasteiger partial charge < -0.3 is 19.9 Å². The Morgan fingerprint density at radius 3 is 2.11 bits per heavy atom. The highest BCUT2D eigenvalue weighted by Crippen LogP contribution is 2.46. The molecule has 5 rings (SSSR count). The minimum absolute atomic E-state index is 0.0214. The first-order valence-electron chi connectivity index (χ1n) is 15.7. The molecule has 1 amide bonds. The number of hydrogen-bond donors (Lipinski definition) is 2. The Kier molecular flexibility index (Phi) is 11.5. The minimum atomic E-state index is -5.12. The van der Waals surface area contributed by atoms with E-state index >= 15 is 0 Å². The van der Waals surface area contributed by atoms with E-state index in [2.05, 4.69) is 25.4 Å². The highest BCUT2D eigenvalue weighted by molar-refractivity contribution is 6.01. The lowest BCUT2D eigenvalue weighted by Gasteiger charge is -2.32. The van der Waals surface area contributed by atoms with Gasteiger partial charge >= 0.3 is 12.4 Å². The number of carbonyl (C=O) groups excluding carboxylic acids is 1. The third-order valence-electron chi connectivity index (χ3n) is 8.11. The smallest absolute Gasteiger partial charge is 0.416 e. The molecule has 0 saturated carbocycles. The summed E-state index contributed by atoms with van der Waals surface area (Å²) < 4.78 is 93.9. The molecule has 0 radical (unpaired) electrons. The van der Waals surface area contributed by atoms with Crippen LogP contribution in [0.5, 0.6) is 5.75 Å². The van der Waals surface area contributed by atoms with Gasteiger partial charge in [-0.1, -0.05) is 58.8 Å². The lowest BCUT2D eigenvalue weighted by molar-refractivity contribution is -0.143. The second kappa shape index (κ2) is 16.0. The predicted octanol–water partition coefficient (Wildman–Crippen LogP) is 9.18. The van der Waals surface area contributed by atoms with E-state index in [1.54, 1.807) is 54.6 Å². The van der Waals surface area contributed by atoms with Crippen molar-refractivity contribution in [3.63, 3.8) is 0 Å². The largest absolute Gasteiger partial charge is 0.494 e. The first-order valence-corrected chi connectivity index (χ1v) is 15.7. The minimum Gasteiger partial charge on any atom is -0.494 e. The first kappa shape index (κ1) is 38.0. The molecule has 0 unspecified atom stereocenters. The highest BCUT2D eigenvalue weighted by Gasteiger charge is 2.54. The van der Waals surface area contributed by atoms with Gasteiger partial charge in [-0.3, -0.25) is 4.79 Å². The van der Waals surface area contributed by atoms with E-state index < -0.39 is 53.1 Å². The van der Waals surface area contributed by atoms with Crippen LogP contribution in [0.2, 0.25) is 0 Å². The number of ether oxygens (including phenoxy) is 2. The van der Waals surface area contributed by atoms with Crippen molar-refractivity contribution < 1.29 is 45.7 Å². The highest BCUT2D eigenvalue weighted by atomic mass is 19.4. The van der Waals surface area contributed by atoms with Gasteiger partial charge in [0.2, 0.25) is 5.90 Å². The second-order valence-electron chi connectivity index (χ2n) is 11.6. The number of hydrogen-bond acceptors (Lipinski definition) is 7. The van der Waals surface area contributed by atoms with Crippen molar-refractivity contribution in [2.24, 2.45) is 15.2 Å². The molecule has 0 bridgehead atoms. The van der Waals surface area contributed by atoms with E-state index in [0.29, 0.717) is 29.9 Å². The van der Waals surface area contributed by atoms with Crippen molar-refractivity contribution >= 4 is 23.2 Å². The van der Waals surface area contributed by atoms with Gasteiger partial charge in [0.25, 0.3) is 5.91 Å². The molecule has 274 valence electrons. The monoisotopic (exact) mass is 738 g/mol. The molecule has 0 aliphatic carbocycles. The van der Waals surface area contributed by atoms with Crippen LogP contribution in [0.15, 0.2) is 106 Å². The molecule has 12 nitrogen and oxygen atoms in total. The van der Waals surface area contributed by atoms with Crippen molar-refractivity contribution in [3.05, 3.63) is 145 Å². The normalized spacial score (nSPS) is 16.8. The van der Waals surface area contributed by atoms with Crippen LogP contribution in [0.25, 0.3) is 20.9 Å². The Hall–Kier alpha value is -6.22. The molecule has 0 saturated heterocycles. The number of amides is 1. The van der Waals surface area contributed by atoms with Crippen LogP contribution in [0.3, 0.4) is 0 Å². The third-order valence-corrected chi connectivity index (χ3v) is 8.11. The Labute approximate surface area is 296 Å². The van der Waals surface area contributed by atoms with E-state index in [9.17, 15) is 42.2 Å². The average molecular weight is 739 g/mol. The lowest BCUT2D eigenvalue weighted by Crippen LogP contribution is -2.49. The molecule has 0 aromatic heterocycles. The maximum atomic E-state index is 14.6. The molecule has 18 heteroatoms. The zero-order valence-corrected chi connectivity index (χ0v) is 27.3. The van der Waals surface area contributed by atoms with Crippen LogP contribution >= 0.6 is 0 Å². The fourth-order valence-corrected chi connectivity index (χ4v) is 5.66. The molecule has 1 heterocycles. The van der Waals surface area contributed by atoms with Crippen molar-refractivity contribution in [1.82, 2.24) is 5.32 Å². The maximum Gasteiger partial charge on any atom is 0.416 e. The molecule has 1 aliphatic heterocycles. The Morgan fingerprint density at radius 1 is 0.887 bits per heavy atom. The van der Waals surface area contributed by atoms with E-state index in [0.717, 1.165) is 0 Å². The molecule has 0 fully saturated rings. The zero-order chi connectivity index (χ0) is 38.2. The summed E-state index contributed by atoms with van der Waals surface area (Å²) in [5.74, 6) is -0.640. The first-order chi connectivity index (χ1) is 25.3. The fraction of sp³-hybridized carbons (Fsp3) is 0.257. The molecule has 4 aromatic rings. The molecule has 4 aromatic carbocycles. The van der Waals surface area contributed by atoms with Crippen molar-refractivity contribution in [2.75, 3.05) is 13.2 Å². The summed E-state index contributed by atoms with van der Waals surface area (Å²) in [6.07, 6.45) is -11.6. The van der Waals surface area contributed by atoms with Crippen molar-refractivity contribution in [1.29, 1.82) is 0 Å². The van der Waals surface area contributed by atoms with Gasteiger partial charge in [-0.2, -0.15) is 26.3 Å². The number of nitrogens with zero attached hydrogens (tertiary/aromatic N) is 7. The molecule has 2 N–H and O–H groups in total. The van der Waals surface area contributed by atoms with Crippen molar-refractivity contribution in [2.45, 2.75) is 43.4 Å². The number of aliphatic hydroxyl groups is 1. The summed E-state index contributed by atoms with van der Waals surface area (Å²) in [4.78, 5) is 25.1. The average Bonchev–Trinajstić information content (AvgIpc) is 3.51. The summed E-state index contributed by atoms with van der Waals surface area (Å²) in [6.45, 7) is -0.636. The second-order valence-corrected chi connectivity index (χ2v) is 11.6. The standard InChI is InChI=1S/C35H28F6N8O4/c36-34(37,38)24-16-21(17-25(18-24)35(39,40)41)20-44-32(51)33(19-23-6-1-3-8-28(23)46-48-42)30(27-7-2-4-9-29(27)47-49-43)53-31(45-33)22-10-12-26(13-11-22)52-15-5-14-50/h1-4,6-13,16-18,30,50H,5,14-15,19-20H2,(H,44,51)/t30-,33-/m1/s1. The van der Waals surface area contributed by atoms with Crippen LogP contribution < -0.4 is 10.1 Å². The van der Waals surface area contributed by atoms with Gasteiger partial charge in [-0.05, 0) is 64.7 Å². The predicted molar refractivity (Wildman–Crippen MR) is 179 cm³/mol. The topological polar surface area (TPSA) is 178 Å². The van der Waals surface area contributed by atoms with Gasteiger partial charge in [0.05, 0.1) is 17.7 Å². The molecule has 53 heavy (non-hydrogen) atoms. The summed E-state index contributed by atoms with van der Waals surface area (Å²) >= 11 is 0. The molecule has 2 atom stereocenters. The molecule has 0 spiro atoms. The van der Waals surface area contributed by atoms with Crippen molar-refractivity contribution in [3.8, 4) is 5.75 Å². The van der Waals surface area contributed by atoms with Crippen LogP contribution in [-0.2, 0) is 34.8 Å².